The van der Waals surface area contributed by atoms with Gasteiger partial charge < -0.3 is 0 Å². The number of benzene rings is 1. The molecule has 0 aliphatic rings. The largest absolute Gasteiger partial charge is 0.300 e. The molecule has 0 aliphatic heterocycles. The third-order valence-corrected chi connectivity index (χ3v) is 6.82. The summed E-state index contributed by atoms with van der Waals surface area (Å²) in [5.74, 6) is 0.567. The second-order valence-electron chi connectivity index (χ2n) is 6.95. The molecule has 0 radical (unpaired) electrons. The number of nitrogens with zero attached hydrogens (tertiary/aromatic N) is 2. The highest BCUT2D eigenvalue weighted by molar-refractivity contribution is 7.15. The van der Waals surface area contributed by atoms with Crippen LogP contribution in [0.25, 0.3) is 4.96 Å². The van der Waals surface area contributed by atoms with Crippen LogP contribution < -0.4 is 10.9 Å². The van der Waals surface area contributed by atoms with E-state index in [0.717, 1.165) is 17.1 Å². The number of fused-ring (bicyclic) bond motifs is 1. The van der Waals surface area contributed by atoms with Crippen LogP contribution in [0, 0.1) is 0 Å². The van der Waals surface area contributed by atoms with Gasteiger partial charge in [0.1, 0.15) is 0 Å². The third kappa shape index (κ3) is 3.94. The number of hydrogen-bond donors (Lipinski definition) is 1. The molecular formula is C22H23N3OS2. The first-order chi connectivity index (χ1) is 13.7. The van der Waals surface area contributed by atoms with Gasteiger partial charge in [-0.25, -0.2) is 4.98 Å². The van der Waals surface area contributed by atoms with Crippen LogP contribution in [-0.2, 0) is 6.54 Å². The monoisotopic (exact) mass is 409 g/mol. The molecular weight excluding hydrogens is 386 g/mol. The summed E-state index contributed by atoms with van der Waals surface area (Å²) in [5.41, 5.74) is 3.33. The molecule has 1 N–H and O–H groups in total. The minimum Gasteiger partial charge on any atom is -0.300 e. The number of thiophene rings is 1. The minimum atomic E-state index is -0.0337. The van der Waals surface area contributed by atoms with Crippen LogP contribution in [0.3, 0.4) is 0 Å². The normalized spacial score (nSPS) is 13.6. The lowest BCUT2D eigenvalue weighted by molar-refractivity contribution is 0.603. The first-order valence-corrected chi connectivity index (χ1v) is 11.2. The smallest absolute Gasteiger partial charge is 0.258 e. The Morgan fingerprint density at radius 3 is 2.61 bits per heavy atom. The number of aromatic nitrogens is 2. The molecule has 0 saturated carbocycles. The van der Waals surface area contributed by atoms with Gasteiger partial charge in [-0.05, 0) is 34.9 Å². The Labute approximate surface area is 172 Å². The molecule has 144 valence electrons. The molecule has 4 nitrogen and oxygen atoms in total. The van der Waals surface area contributed by atoms with E-state index in [1.54, 1.807) is 28.0 Å². The summed E-state index contributed by atoms with van der Waals surface area (Å²) in [6, 6.07) is 14.8. The first-order valence-electron chi connectivity index (χ1n) is 9.48. The Balaban J connectivity index is 1.59. The molecule has 1 aromatic carbocycles. The maximum atomic E-state index is 12.2. The van der Waals surface area contributed by atoms with Gasteiger partial charge in [-0.1, -0.05) is 44.2 Å². The lowest BCUT2D eigenvalue weighted by atomic mass is 9.95. The highest BCUT2D eigenvalue weighted by Crippen LogP contribution is 2.28. The fourth-order valence-electron chi connectivity index (χ4n) is 3.28. The van der Waals surface area contributed by atoms with Crippen molar-refractivity contribution in [3.63, 3.8) is 0 Å². The van der Waals surface area contributed by atoms with Crippen LogP contribution in [-0.4, -0.2) is 9.38 Å². The van der Waals surface area contributed by atoms with Crippen molar-refractivity contribution in [2.75, 3.05) is 0 Å². The lowest BCUT2D eigenvalue weighted by Gasteiger charge is -2.19. The van der Waals surface area contributed by atoms with Crippen molar-refractivity contribution in [1.29, 1.82) is 0 Å². The SMILES string of the molecule is CC[C@H](C)c1ccc([C@@H](NCc2cc(=O)n3ccsc3n2)c2cccs2)cc1. The fraction of sp³-hybridized carbons (Fsp3) is 0.273. The van der Waals surface area contributed by atoms with Gasteiger partial charge in [0, 0.05) is 29.1 Å². The van der Waals surface area contributed by atoms with Crippen LogP contribution in [0.2, 0.25) is 0 Å². The van der Waals surface area contributed by atoms with Gasteiger partial charge >= 0.3 is 0 Å². The topological polar surface area (TPSA) is 46.4 Å². The predicted molar refractivity (Wildman–Crippen MR) is 117 cm³/mol. The number of rotatable bonds is 7. The zero-order valence-electron chi connectivity index (χ0n) is 16.0. The Kier molecular flexibility index (Phi) is 5.71. The van der Waals surface area contributed by atoms with E-state index >= 15 is 0 Å². The molecule has 6 heteroatoms. The van der Waals surface area contributed by atoms with Gasteiger partial charge in [0.05, 0.1) is 11.7 Å². The molecule has 28 heavy (non-hydrogen) atoms. The second kappa shape index (κ2) is 8.39. The van der Waals surface area contributed by atoms with Crippen LogP contribution in [0.15, 0.2) is 64.2 Å². The summed E-state index contributed by atoms with van der Waals surface area (Å²) in [5, 5.41) is 7.59. The average Bonchev–Trinajstić information content (AvgIpc) is 3.40. The molecule has 4 aromatic rings. The van der Waals surface area contributed by atoms with E-state index in [0.29, 0.717) is 12.5 Å². The fourth-order valence-corrected chi connectivity index (χ4v) is 4.84. The number of thiazole rings is 1. The predicted octanol–water partition coefficient (Wildman–Crippen LogP) is 5.21. The van der Waals surface area contributed by atoms with E-state index in [1.165, 1.54) is 27.3 Å². The lowest BCUT2D eigenvalue weighted by Crippen LogP contribution is -2.23. The van der Waals surface area contributed by atoms with Crippen molar-refractivity contribution in [3.05, 3.63) is 91.5 Å². The standard InChI is InChI=1S/C22H23N3OS2/c1-3-15(2)16-6-8-17(9-7-16)21(19-5-4-11-27-19)23-14-18-13-20(26)25-10-12-28-22(25)24-18/h4-13,15,21,23H,3,14H2,1-2H3/t15-,21+/m0/s1. The maximum absolute atomic E-state index is 12.2. The summed E-state index contributed by atoms with van der Waals surface area (Å²) in [7, 11) is 0. The summed E-state index contributed by atoms with van der Waals surface area (Å²) in [6.07, 6.45) is 2.90. The summed E-state index contributed by atoms with van der Waals surface area (Å²) in [4.78, 5) is 18.8. The zero-order chi connectivity index (χ0) is 19.5. The summed E-state index contributed by atoms with van der Waals surface area (Å²) >= 11 is 3.21. The first kappa shape index (κ1) is 19.1. The Hall–Kier alpha value is -2.28. The van der Waals surface area contributed by atoms with E-state index in [9.17, 15) is 4.79 Å². The Morgan fingerprint density at radius 2 is 1.89 bits per heavy atom. The zero-order valence-corrected chi connectivity index (χ0v) is 17.6. The van der Waals surface area contributed by atoms with Gasteiger partial charge in [-0.15, -0.1) is 22.7 Å². The number of hydrogen-bond acceptors (Lipinski definition) is 5. The molecule has 0 unspecified atom stereocenters. The molecule has 0 aliphatic carbocycles. The van der Waals surface area contributed by atoms with Crippen LogP contribution >= 0.6 is 22.7 Å². The van der Waals surface area contributed by atoms with Crippen molar-refractivity contribution in [3.8, 4) is 0 Å². The van der Waals surface area contributed by atoms with Gasteiger partial charge in [0.2, 0.25) is 0 Å². The minimum absolute atomic E-state index is 0.0337. The highest BCUT2D eigenvalue weighted by Gasteiger charge is 2.16. The Bertz CT molecular complexity index is 1100. The van der Waals surface area contributed by atoms with Gasteiger partial charge in [0.25, 0.3) is 5.56 Å². The van der Waals surface area contributed by atoms with E-state index in [4.69, 9.17) is 0 Å². The quantitative estimate of drug-likeness (QED) is 0.456. The van der Waals surface area contributed by atoms with Crippen molar-refractivity contribution in [1.82, 2.24) is 14.7 Å². The van der Waals surface area contributed by atoms with E-state index in [2.05, 4.69) is 65.9 Å². The van der Waals surface area contributed by atoms with E-state index in [1.807, 2.05) is 5.38 Å². The Morgan fingerprint density at radius 1 is 1.11 bits per heavy atom. The average molecular weight is 410 g/mol. The summed E-state index contributed by atoms with van der Waals surface area (Å²) < 4.78 is 1.58. The van der Waals surface area contributed by atoms with Crippen molar-refractivity contribution in [2.24, 2.45) is 0 Å². The molecule has 2 atom stereocenters. The third-order valence-electron chi connectivity index (χ3n) is 5.12. The van der Waals surface area contributed by atoms with Crippen LogP contribution in [0.4, 0.5) is 0 Å². The van der Waals surface area contributed by atoms with Crippen LogP contribution in [0.5, 0.6) is 0 Å². The van der Waals surface area contributed by atoms with Gasteiger partial charge in [0.15, 0.2) is 4.96 Å². The second-order valence-corrected chi connectivity index (χ2v) is 8.80. The van der Waals surface area contributed by atoms with Crippen LogP contribution in [0.1, 0.15) is 53.9 Å². The van der Waals surface area contributed by atoms with E-state index < -0.39 is 0 Å². The summed E-state index contributed by atoms with van der Waals surface area (Å²) in [6.45, 7) is 5.02. The molecule has 0 saturated heterocycles. The van der Waals surface area contributed by atoms with Crippen molar-refractivity contribution >= 4 is 27.6 Å². The van der Waals surface area contributed by atoms with Crippen molar-refractivity contribution < 1.29 is 0 Å². The molecule has 4 rings (SSSR count). The van der Waals surface area contributed by atoms with Gasteiger partial charge in [-0.3, -0.25) is 14.5 Å². The maximum Gasteiger partial charge on any atom is 0.258 e. The van der Waals surface area contributed by atoms with Gasteiger partial charge in [-0.2, -0.15) is 0 Å². The van der Waals surface area contributed by atoms with Crippen molar-refractivity contribution in [2.45, 2.75) is 38.8 Å². The highest BCUT2D eigenvalue weighted by atomic mass is 32.1. The molecule has 0 amide bonds. The molecule has 3 heterocycles. The molecule has 3 aromatic heterocycles. The molecule has 0 fully saturated rings. The molecule has 0 spiro atoms. The van der Waals surface area contributed by atoms with E-state index in [-0.39, 0.29) is 11.6 Å². The molecule has 0 bridgehead atoms. The number of nitrogens with one attached hydrogen (secondary N) is 1.